The Morgan fingerprint density at radius 2 is 2.08 bits per heavy atom. The minimum Gasteiger partial charge on any atom is -0.338 e. The fourth-order valence-electron chi connectivity index (χ4n) is 1.31. The number of rotatable bonds is 0. The molecule has 0 aromatic rings. The number of amides is 1. The highest BCUT2D eigenvalue weighted by Gasteiger charge is 2.18. The van der Waals surface area contributed by atoms with Gasteiger partial charge in [0, 0.05) is 32.6 Å². The molecule has 12 heavy (non-hydrogen) atoms. The first-order chi connectivity index (χ1) is 5.72. The van der Waals surface area contributed by atoms with Crippen molar-refractivity contribution >= 4 is 5.91 Å². The molecule has 0 aliphatic carbocycles. The summed E-state index contributed by atoms with van der Waals surface area (Å²) in [6.45, 7) is 10.4. The highest BCUT2D eigenvalue weighted by Crippen LogP contribution is 2.01. The molecular weight excluding hydrogens is 152 g/mol. The van der Waals surface area contributed by atoms with Gasteiger partial charge in [-0.15, -0.1) is 0 Å². The van der Waals surface area contributed by atoms with Crippen molar-refractivity contribution in [2.45, 2.75) is 33.7 Å². The van der Waals surface area contributed by atoms with Crippen molar-refractivity contribution in [2.24, 2.45) is 0 Å². The molecule has 3 heteroatoms. The molecule has 1 unspecified atom stereocenters. The maximum Gasteiger partial charge on any atom is 0.219 e. The Labute approximate surface area is 75.1 Å². The van der Waals surface area contributed by atoms with E-state index in [1.807, 2.05) is 18.7 Å². The van der Waals surface area contributed by atoms with E-state index in [1.165, 1.54) is 0 Å². The van der Waals surface area contributed by atoms with Gasteiger partial charge in [0.25, 0.3) is 0 Å². The van der Waals surface area contributed by atoms with Gasteiger partial charge in [-0.3, -0.25) is 4.79 Å². The average Bonchev–Trinajstić information content (AvgIpc) is 2.08. The summed E-state index contributed by atoms with van der Waals surface area (Å²) in [5.41, 5.74) is 0. The van der Waals surface area contributed by atoms with Crippen LogP contribution >= 0.6 is 0 Å². The number of hydrogen-bond donors (Lipinski definition) is 1. The van der Waals surface area contributed by atoms with Crippen LogP contribution in [0, 0.1) is 0 Å². The normalized spacial score (nSPS) is 22.7. The lowest BCUT2D eigenvalue weighted by Gasteiger charge is -2.32. The fraction of sp³-hybridized carbons (Fsp3) is 0.889. The van der Waals surface area contributed by atoms with Crippen LogP contribution in [-0.4, -0.2) is 36.5 Å². The second-order valence-corrected chi connectivity index (χ2v) is 2.77. The summed E-state index contributed by atoms with van der Waals surface area (Å²) in [6.07, 6.45) is 0. The summed E-state index contributed by atoms with van der Waals surface area (Å²) in [7, 11) is 0. The summed E-state index contributed by atoms with van der Waals surface area (Å²) in [5, 5.41) is 3.23. The van der Waals surface area contributed by atoms with Gasteiger partial charge in [-0.05, 0) is 6.92 Å². The lowest BCUT2D eigenvalue weighted by atomic mass is 10.2. The van der Waals surface area contributed by atoms with Crippen molar-refractivity contribution in [2.75, 3.05) is 19.6 Å². The highest BCUT2D eigenvalue weighted by atomic mass is 16.2. The molecule has 0 spiro atoms. The van der Waals surface area contributed by atoms with Crippen LogP contribution in [0.25, 0.3) is 0 Å². The van der Waals surface area contributed by atoms with Gasteiger partial charge in [-0.25, -0.2) is 0 Å². The second-order valence-electron chi connectivity index (χ2n) is 2.77. The van der Waals surface area contributed by atoms with Crippen LogP contribution in [0.5, 0.6) is 0 Å². The van der Waals surface area contributed by atoms with E-state index in [-0.39, 0.29) is 5.91 Å². The van der Waals surface area contributed by atoms with E-state index in [1.54, 1.807) is 6.92 Å². The maximum absolute atomic E-state index is 10.9. The number of carbonyl (C=O) groups excluding carboxylic acids is 1. The largest absolute Gasteiger partial charge is 0.338 e. The molecule has 72 valence electrons. The molecule has 0 radical (unpaired) electrons. The molecule has 0 bridgehead atoms. The van der Waals surface area contributed by atoms with Gasteiger partial charge < -0.3 is 10.2 Å². The Hall–Kier alpha value is -0.570. The SMILES string of the molecule is CC.CC(=O)N1CCNCC1C. The Morgan fingerprint density at radius 3 is 2.42 bits per heavy atom. The topological polar surface area (TPSA) is 32.3 Å². The minimum atomic E-state index is 0.189. The molecule has 1 aliphatic heterocycles. The van der Waals surface area contributed by atoms with Gasteiger partial charge in [0.05, 0.1) is 0 Å². The quantitative estimate of drug-likeness (QED) is 0.587. The van der Waals surface area contributed by atoms with Crippen LogP contribution in [0.1, 0.15) is 27.7 Å². The third kappa shape index (κ3) is 3.22. The van der Waals surface area contributed by atoms with Gasteiger partial charge in [-0.1, -0.05) is 13.8 Å². The number of nitrogens with zero attached hydrogens (tertiary/aromatic N) is 1. The predicted molar refractivity (Wildman–Crippen MR) is 51.1 cm³/mol. The average molecular weight is 172 g/mol. The molecule has 1 fully saturated rings. The van der Waals surface area contributed by atoms with Crippen LogP contribution in [0.3, 0.4) is 0 Å². The zero-order chi connectivity index (χ0) is 9.56. The van der Waals surface area contributed by atoms with E-state index < -0.39 is 0 Å². The molecule has 1 heterocycles. The number of piperazine rings is 1. The summed E-state index contributed by atoms with van der Waals surface area (Å²) in [6, 6.07) is 0.367. The molecule has 1 amide bonds. The fourth-order valence-corrected chi connectivity index (χ4v) is 1.31. The molecule has 0 aromatic heterocycles. The smallest absolute Gasteiger partial charge is 0.219 e. The van der Waals surface area contributed by atoms with Crippen LogP contribution < -0.4 is 5.32 Å². The first kappa shape index (κ1) is 11.4. The van der Waals surface area contributed by atoms with Crippen molar-refractivity contribution in [1.82, 2.24) is 10.2 Å². The van der Waals surface area contributed by atoms with Gasteiger partial charge in [0.2, 0.25) is 5.91 Å². The third-order valence-electron chi connectivity index (χ3n) is 1.91. The molecule has 1 saturated heterocycles. The molecule has 1 aliphatic rings. The van der Waals surface area contributed by atoms with Crippen molar-refractivity contribution < 1.29 is 4.79 Å². The molecule has 0 saturated carbocycles. The van der Waals surface area contributed by atoms with Crippen molar-refractivity contribution in [3.05, 3.63) is 0 Å². The van der Waals surface area contributed by atoms with E-state index in [2.05, 4.69) is 12.2 Å². The van der Waals surface area contributed by atoms with Crippen molar-refractivity contribution in [1.29, 1.82) is 0 Å². The van der Waals surface area contributed by atoms with Crippen LogP contribution in [-0.2, 0) is 4.79 Å². The first-order valence-electron chi connectivity index (χ1n) is 4.69. The van der Waals surface area contributed by atoms with Crippen molar-refractivity contribution in [3.8, 4) is 0 Å². The van der Waals surface area contributed by atoms with E-state index in [0.717, 1.165) is 19.6 Å². The summed E-state index contributed by atoms with van der Waals surface area (Å²) >= 11 is 0. The molecule has 0 aromatic carbocycles. The molecular formula is C9H20N2O. The number of nitrogens with one attached hydrogen (secondary N) is 1. The van der Waals surface area contributed by atoms with Crippen LogP contribution in [0.2, 0.25) is 0 Å². The Morgan fingerprint density at radius 1 is 1.50 bits per heavy atom. The van der Waals surface area contributed by atoms with Gasteiger partial charge in [-0.2, -0.15) is 0 Å². The lowest BCUT2D eigenvalue weighted by molar-refractivity contribution is -0.131. The Balaban J connectivity index is 0.000000561. The number of hydrogen-bond acceptors (Lipinski definition) is 2. The summed E-state index contributed by atoms with van der Waals surface area (Å²) < 4.78 is 0. The standard InChI is InChI=1S/C7H14N2O.C2H6/c1-6-5-8-3-4-9(6)7(2)10;1-2/h6,8H,3-5H2,1-2H3;1-2H3. The van der Waals surface area contributed by atoms with Crippen LogP contribution in [0.15, 0.2) is 0 Å². The predicted octanol–water partition coefficient (Wildman–Crippen LogP) is 0.853. The highest BCUT2D eigenvalue weighted by molar-refractivity contribution is 5.73. The zero-order valence-electron chi connectivity index (χ0n) is 8.55. The van der Waals surface area contributed by atoms with E-state index >= 15 is 0 Å². The summed E-state index contributed by atoms with van der Waals surface area (Å²) in [4.78, 5) is 12.8. The van der Waals surface area contributed by atoms with E-state index in [9.17, 15) is 4.79 Å². The van der Waals surface area contributed by atoms with Gasteiger partial charge in [0.1, 0.15) is 0 Å². The minimum absolute atomic E-state index is 0.189. The maximum atomic E-state index is 10.9. The molecule has 1 N–H and O–H groups in total. The lowest BCUT2D eigenvalue weighted by Crippen LogP contribution is -2.51. The van der Waals surface area contributed by atoms with Gasteiger partial charge >= 0.3 is 0 Å². The van der Waals surface area contributed by atoms with Crippen LogP contribution in [0.4, 0.5) is 0 Å². The monoisotopic (exact) mass is 172 g/mol. The first-order valence-corrected chi connectivity index (χ1v) is 4.69. The zero-order valence-corrected chi connectivity index (χ0v) is 8.55. The molecule has 1 atom stereocenters. The van der Waals surface area contributed by atoms with E-state index in [0.29, 0.717) is 6.04 Å². The van der Waals surface area contributed by atoms with Gasteiger partial charge in [0.15, 0.2) is 0 Å². The van der Waals surface area contributed by atoms with E-state index in [4.69, 9.17) is 0 Å². The third-order valence-corrected chi connectivity index (χ3v) is 1.91. The molecule has 3 nitrogen and oxygen atoms in total. The number of carbonyl (C=O) groups is 1. The summed E-state index contributed by atoms with van der Waals surface area (Å²) in [5.74, 6) is 0.189. The van der Waals surface area contributed by atoms with Crippen molar-refractivity contribution in [3.63, 3.8) is 0 Å². The Bertz CT molecular complexity index is 136. The second kappa shape index (κ2) is 6.00. The Kier molecular flexibility index (Phi) is 5.72. The molecule has 1 rings (SSSR count).